The molecule has 176 valence electrons. The monoisotopic (exact) mass is 448 g/mol. The molecule has 33 heavy (non-hydrogen) atoms. The van der Waals surface area contributed by atoms with Crippen molar-refractivity contribution in [2.45, 2.75) is 64.3 Å². The average molecular weight is 449 g/mol. The molecule has 1 unspecified atom stereocenters. The highest BCUT2D eigenvalue weighted by molar-refractivity contribution is 5.91. The van der Waals surface area contributed by atoms with E-state index in [1.165, 1.54) is 42.2 Å². The molecule has 2 saturated heterocycles. The number of fused-ring (bicyclic) bond motifs is 1. The van der Waals surface area contributed by atoms with Crippen LogP contribution in [0.1, 0.15) is 68.2 Å². The van der Waals surface area contributed by atoms with Crippen molar-refractivity contribution in [2.24, 2.45) is 7.05 Å². The zero-order valence-electron chi connectivity index (χ0n) is 20.4. The molecule has 0 radical (unpaired) electrons. The Morgan fingerprint density at radius 3 is 2.64 bits per heavy atom. The molecule has 0 saturated carbocycles. The van der Waals surface area contributed by atoms with E-state index in [0.717, 1.165) is 43.2 Å². The molecule has 3 aromatic rings. The molecule has 4 heterocycles. The first-order valence-electron chi connectivity index (χ1n) is 12.4. The van der Waals surface area contributed by atoms with Gasteiger partial charge in [0.15, 0.2) is 0 Å². The van der Waals surface area contributed by atoms with Crippen molar-refractivity contribution >= 4 is 10.9 Å². The third kappa shape index (κ3) is 4.26. The largest absolute Gasteiger partial charge is 0.380 e. The van der Waals surface area contributed by atoms with Gasteiger partial charge in [-0.3, -0.25) is 9.69 Å². The highest BCUT2D eigenvalue weighted by Crippen LogP contribution is 2.38. The first kappa shape index (κ1) is 22.4. The molecule has 5 rings (SSSR count). The van der Waals surface area contributed by atoms with Gasteiger partial charge in [0.2, 0.25) is 0 Å². The maximum absolute atomic E-state index is 12.2. The number of piperidine rings is 1. The summed E-state index contributed by atoms with van der Waals surface area (Å²) in [4.78, 5) is 23.1. The second-order valence-corrected chi connectivity index (χ2v) is 10.2. The number of aromatic amines is 1. The Hall–Kier alpha value is -2.44. The molecule has 1 atom stereocenters. The van der Waals surface area contributed by atoms with E-state index in [9.17, 15) is 4.79 Å². The lowest BCUT2D eigenvalue weighted by Crippen LogP contribution is -2.45. The van der Waals surface area contributed by atoms with Crippen molar-refractivity contribution in [3.05, 3.63) is 51.6 Å². The van der Waals surface area contributed by atoms with Crippen LogP contribution >= 0.6 is 0 Å². The summed E-state index contributed by atoms with van der Waals surface area (Å²) in [5, 5.41) is 1.29. The van der Waals surface area contributed by atoms with Crippen LogP contribution in [0.2, 0.25) is 0 Å². The number of likely N-dealkylation sites (tertiary alicyclic amines) is 1. The summed E-state index contributed by atoms with van der Waals surface area (Å²) in [6.45, 7) is 10.4. The standard InChI is InChI=1S/C27H36N4O2/c1-17(2)25-22-14-20(19-9-11-31(12-10-19)21-6-5-13-33-16-21)7-8-23(22)29-26(25)24-15-30(4)27(32)18(3)28-24/h7-8,14-15,17,19,21,29H,5-6,9-13,16H2,1-4H3. The number of ether oxygens (including phenoxy) is 1. The van der Waals surface area contributed by atoms with Gasteiger partial charge in [-0.1, -0.05) is 19.9 Å². The highest BCUT2D eigenvalue weighted by Gasteiger charge is 2.28. The minimum atomic E-state index is -0.0469. The number of hydrogen-bond acceptors (Lipinski definition) is 4. The molecule has 2 aliphatic heterocycles. The molecule has 6 heteroatoms. The molecule has 0 amide bonds. The second-order valence-electron chi connectivity index (χ2n) is 10.2. The molecule has 0 bridgehead atoms. The van der Waals surface area contributed by atoms with E-state index < -0.39 is 0 Å². The van der Waals surface area contributed by atoms with E-state index in [1.807, 2.05) is 6.20 Å². The van der Waals surface area contributed by atoms with Crippen LogP contribution in [0.15, 0.2) is 29.2 Å². The van der Waals surface area contributed by atoms with Gasteiger partial charge in [-0.05, 0) is 80.8 Å². The second kappa shape index (κ2) is 9.07. The number of aryl methyl sites for hydroxylation is 2. The Bertz CT molecular complexity index is 1170. The lowest BCUT2D eigenvalue weighted by molar-refractivity contribution is 0.00886. The van der Waals surface area contributed by atoms with Crippen LogP contribution < -0.4 is 5.56 Å². The van der Waals surface area contributed by atoms with Crippen molar-refractivity contribution in [1.29, 1.82) is 0 Å². The molecule has 2 fully saturated rings. The quantitative estimate of drug-likeness (QED) is 0.627. The van der Waals surface area contributed by atoms with E-state index in [2.05, 4.69) is 46.9 Å². The van der Waals surface area contributed by atoms with Crippen molar-refractivity contribution < 1.29 is 4.74 Å². The van der Waals surface area contributed by atoms with Crippen LogP contribution in [-0.4, -0.2) is 51.8 Å². The third-order valence-electron chi connectivity index (χ3n) is 7.58. The molecular weight excluding hydrogens is 412 g/mol. The summed E-state index contributed by atoms with van der Waals surface area (Å²) < 4.78 is 7.35. The maximum atomic E-state index is 12.2. The van der Waals surface area contributed by atoms with Gasteiger partial charge < -0.3 is 14.3 Å². The van der Waals surface area contributed by atoms with E-state index in [1.54, 1.807) is 18.5 Å². The Morgan fingerprint density at radius 1 is 1.18 bits per heavy atom. The van der Waals surface area contributed by atoms with Gasteiger partial charge in [-0.2, -0.15) is 0 Å². The fraction of sp³-hybridized carbons (Fsp3) is 0.556. The number of hydrogen-bond donors (Lipinski definition) is 1. The minimum Gasteiger partial charge on any atom is -0.380 e. The third-order valence-corrected chi connectivity index (χ3v) is 7.58. The molecule has 6 nitrogen and oxygen atoms in total. The normalized spacial score (nSPS) is 20.7. The van der Waals surface area contributed by atoms with Crippen molar-refractivity contribution in [3.8, 4) is 11.4 Å². The zero-order valence-corrected chi connectivity index (χ0v) is 20.4. The molecule has 2 aliphatic rings. The van der Waals surface area contributed by atoms with Crippen LogP contribution in [0, 0.1) is 6.92 Å². The van der Waals surface area contributed by atoms with Crippen molar-refractivity contribution in [1.82, 2.24) is 19.4 Å². The van der Waals surface area contributed by atoms with Gasteiger partial charge in [0, 0.05) is 36.8 Å². The Morgan fingerprint density at radius 2 is 1.97 bits per heavy atom. The van der Waals surface area contributed by atoms with Crippen molar-refractivity contribution in [2.75, 3.05) is 26.3 Å². The maximum Gasteiger partial charge on any atom is 0.271 e. The van der Waals surface area contributed by atoms with Gasteiger partial charge in [0.1, 0.15) is 11.4 Å². The van der Waals surface area contributed by atoms with Crippen LogP contribution in [0.4, 0.5) is 0 Å². The minimum absolute atomic E-state index is 0.0469. The van der Waals surface area contributed by atoms with Gasteiger partial charge in [-0.15, -0.1) is 0 Å². The van der Waals surface area contributed by atoms with Crippen molar-refractivity contribution in [3.63, 3.8) is 0 Å². The number of H-pyrrole nitrogens is 1. The lowest BCUT2D eigenvalue weighted by Gasteiger charge is -2.39. The molecule has 1 N–H and O–H groups in total. The fourth-order valence-electron chi connectivity index (χ4n) is 5.77. The Labute approximate surface area is 196 Å². The first-order chi connectivity index (χ1) is 15.9. The lowest BCUT2D eigenvalue weighted by atomic mass is 9.87. The summed E-state index contributed by atoms with van der Waals surface area (Å²) in [6.07, 6.45) is 6.73. The number of nitrogens with zero attached hydrogens (tertiary/aromatic N) is 3. The zero-order chi connectivity index (χ0) is 23.1. The average Bonchev–Trinajstić information content (AvgIpc) is 3.22. The smallest absolute Gasteiger partial charge is 0.271 e. The van der Waals surface area contributed by atoms with Gasteiger partial charge in [0.25, 0.3) is 5.56 Å². The Kier molecular flexibility index (Phi) is 6.14. The predicted molar refractivity (Wildman–Crippen MR) is 133 cm³/mol. The van der Waals surface area contributed by atoms with Crippen LogP contribution in [0.3, 0.4) is 0 Å². The first-order valence-corrected chi connectivity index (χ1v) is 12.4. The molecule has 0 aliphatic carbocycles. The van der Waals surface area contributed by atoms with Crippen LogP contribution in [0.25, 0.3) is 22.3 Å². The molecule has 2 aromatic heterocycles. The van der Waals surface area contributed by atoms with Gasteiger partial charge >= 0.3 is 0 Å². The number of benzene rings is 1. The fourth-order valence-corrected chi connectivity index (χ4v) is 5.77. The van der Waals surface area contributed by atoms with E-state index in [4.69, 9.17) is 4.74 Å². The van der Waals surface area contributed by atoms with E-state index >= 15 is 0 Å². The van der Waals surface area contributed by atoms with E-state index in [0.29, 0.717) is 23.6 Å². The molecule has 0 spiro atoms. The Balaban J connectivity index is 1.45. The summed E-state index contributed by atoms with van der Waals surface area (Å²) in [5.41, 5.74) is 6.21. The summed E-state index contributed by atoms with van der Waals surface area (Å²) in [7, 11) is 1.79. The summed E-state index contributed by atoms with van der Waals surface area (Å²) in [6, 6.07) is 7.55. The number of rotatable bonds is 4. The summed E-state index contributed by atoms with van der Waals surface area (Å²) >= 11 is 0. The topological polar surface area (TPSA) is 63.2 Å². The predicted octanol–water partition coefficient (Wildman–Crippen LogP) is 4.72. The highest BCUT2D eigenvalue weighted by atomic mass is 16.5. The van der Waals surface area contributed by atoms with Crippen LogP contribution in [-0.2, 0) is 11.8 Å². The number of nitrogens with one attached hydrogen (secondary N) is 1. The summed E-state index contributed by atoms with van der Waals surface area (Å²) in [5.74, 6) is 0.947. The molecular formula is C27H36N4O2. The van der Waals surface area contributed by atoms with Crippen LogP contribution in [0.5, 0.6) is 0 Å². The number of aromatic nitrogens is 3. The van der Waals surface area contributed by atoms with Gasteiger partial charge in [-0.25, -0.2) is 4.98 Å². The molecule has 1 aromatic carbocycles. The van der Waals surface area contributed by atoms with Gasteiger partial charge in [0.05, 0.1) is 12.3 Å². The van der Waals surface area contributed by atoms with E-state index in [-0.39, 0.29) is 5.56 Å². The SMILES string of the molecule is Cc1nc(-c2[nH]c3ccc(C4CCN(C5CCCOC5)CC4)cc3c2C(C)C)cn(C)c1=O.